The smallest absolute Gasteiger partial charge is 0.266 e. The molecule has 1 aliphatic rings. The van der Waals surface area contributed by atoms with Crippen LogP contribution in [0, 0.1) is 5.92 Å². The summed E-state index contributed by atoms with van der Waals surface area (Å²) < 4.78 is 28.9. The van der Waals surface area contributed by atoms with E-state index >= 15 is 0 Å². The predicted molar refractivity (Wildman–Crippen MR) is 113 cm³/mol. The quantitative estimate of drug-likeness (QED) is 0.623. The molecule has 160 valence electrons. The topological polar surface area (TPSA) is 78.1 Å². The highest BCUT2D eigenvalue weighted by molar-refractivity contribution is 6.30. The van der Waals surface area contributed by atoms with E-state index in [-0.39, 0.29) is 12.1 Å². The van der Waals surface area contributed by atoms with Gasteiger partial charge in [-0.15, -0.1) is 0 Å². The van der Waals surface area contributed by atoms with E-state index in [1.807, 2.05) is 0 Å². The maximum absolute atomic E-state index is 14.4. The third-order valence-corrected chi connectivity index (χ3v) is 5.37. The summed E-state index contributed by atoms with van der Waals surface area (Å²) in [6, 6.07) is 13.0. The number of piperidine rings is 1. The van der Waals surface area contributed by atoms with Crippen LogP contribution in [0.5, 0.6) is 0 Å². The number of hydrogen-bond acceptors (Lipinski definition) is 3. The Morgan fingerprint density at radius 1 is 1.16 bits per heavy atom. The molecule has 2 heterocycles. The Morgan fingerprint density at radius 3 is 2.65 bits per heavy atom. The lowest BCUT2D eigenvalue weighted by atomic mass is 9.93. The molecule has 0 aliphatic carbocycles. The lowest BCUT2D eigenvalue weighted by Gasteiger charge is -2.37. The highest BCUT2D eigenvalue weighted by Gasteiger charge is 2.44. The molecule has 1 atom stereocenters. The Hall–Kier alpha value is -3.26. The fraction of sp³-hybridized carbons (Fsp3) is 0.227. The molecule has 6 nitrogen and oxygen atoms in total. The summed E-state index contributed by atoms with van der Waals surface area (Å²) in [5.41, 5.74) is 2.24. The van der Waals surface area contributed by atoms with E-state index in [4.69, 9.17) is 11.6 Å². The largest absolute Gasteiger partial charge is 0.332 e. The van der Waals surface area contributed by atoms with Crippen molar-refractivity contribution >= 4 is 29.1 Å². The van der Waals surface area contributed by atoms with Gasteiger partial charge in [-0.25, -0.2) is 8.78 Å². The molecule has 31 heavy (non-hydrogen) atoms. The van der Waals surface area contributed by atoms with Gasteiger partial charge in [-0.05, 0) is 42.0 Å². The number of aromatic amines is 1. The van der Waals surface area contributed by atoms with Gasteiger partial charge < -0.3 is 10.2 Å². The molecule has 3 aromatic rings. The minimum Gasteiger partial charge on any atom is -0.332 e. The van der Waals surface area contributed by atoms with Crippen LogP contribution >= 0.6 is 11.6 Å². The first-order chi connectivity index (χ1) is 14.8. The highest BCUT2D eigenvalue weighted by atomic mass is 35.5. The third-order valence-electron chi connectivity index (χ3n) is 5.12. The lowest BCUT2D eigenvalue weighted by Crippen LogP contribution is -2.52. The summed E-state index contributed by atoms with van der Waals surface area (Å²) in [7, 11) is 0. The van der Waals surface area contributed by atoms with Crippen molar-refractivity contribution in [1.29, 1.82) is 0 Å². The summed E-state index contributed by atoms with van der Waals surface area (Å²) in [6.45, 7) is -0.823. The number of carbonyl (C=O) groups excluding carboxylic acids is 2. The molecule has 4 rings (SSSR count). The van der Waals surface area contributed by atoms with Crippen molar-refractivity contribution in [2.75, 3.05) is 18.4 Å². The Balaban J connectivity index is 1.51. The molecule has 1 fully saturated rings. The number of halogens is 3. The zero-order chi connectivity index (χ0) is 22.0. The van der Waals surface area contributed by atoms with Crippen molar-refractivity contribution in [3.05, 3.63) is 71.5 Å². The summed E-state index contributed by atoms with van der Waals surface area (Å²) in [4.78, 5) is 26.7. The maximum Gasteiger partial charge on any atom is 0.266 e. The molecule has 1 aromatic heterocycles. The second-order valence-corrected chi connectivity index (χ2v) is 7.94. The number of anilines is 1. The maximum atomic E-state index is 14.4. The second-order valence-electron chi connectivity index (χ2n) is 7.51. The van der Waals surface area contributed by atoms with Crippen LogP contribution in [0.3, 0.4) is 0 Å². The van der Waals surface area contributed by atoms with E-state index in [0.717, 1.165) is 16.0 Å². The number of H-pyrrole nitrogens is 1. The minimum atomic E-state index is -3.17. The van der Waals surface area contributed by atoms with E-state index in [1.165, 1.54) is 0 Å². The number of amides is 2. The number of aromatic nitrogens is 2. The van der Waals surface area contributed by atoms with Crippen LogP contribution in [0.1, 0.15) is 16.8 Å². The zero-order valence-corrected chi connectivity index (χ0v) is 17.1. The average Bonchev–Trinajstić information content (AvgIpc) is 3.29. The number of nitrogens with zero attached hydrogens (tertiary/aromatic N) is 2. The van der Waals surface area contributed by atoms with Gasteiger partial charge in [0, 0.05) is 41.0 Å². The van der Waals surface area contributed by atoms with Gasteiger partial charge in [0.2, 0.25) is 5.91 Å². The van der Waals surface area contributed by atoms with Crippen molar-refractivity contribution in [3.8, 4) is 11.1 Å². The molecule has 2 amide bonds. The Labute approximate surface area is 182 Å². The van der Waals surface area contributed by atoms with Gasteiger partial charge >= 0.3 is 0 Å². The standard InChI is InChI=1S/C22H19ClF2N4O2/c23-18-4-6-19(7-5-18)28-20(30)16-9-22(24,25)13-29(12-16)21(31)15-3-1-2-14(8-15)17-10-26-27-11-17/h1-8,10-11,16H,9,12-13H2,(H,26,27)(H,28,30). The van der Waals surface area contributed by atoms with Gasteiger partial charge in [0.25, 0.3) is 11.8 Å². The molecule has 1 aliphatic heterocycles. The van der Waals surface area contributed by atoms with E-state index < -0.39 is 36.6 Å². The fourth-order valence-corrected chi connectivity index (χ4v) is 3.76. The number of alkyl halides is 2. The van der Waals surface area contributed by atoms with Gasteiger partial charge in [-0.3, -0.25) is 14.7 Å². The Kier molecular flexibility index (Phi) is 5.73. The van der Waals surface area contributed by atoms with E-state index in [9.17, 15) is 18.4 Å². The third kappa shape index (κ3) is 4.91. The molecule has 0 saturated carbocycles. The first-order valence-electron chi connectivity index (χ1n) is 9.63. The molecule has 1 unspecified atom stereocenters. The monoisotopic (exact) mass is 444 g/mol. The fourth-order valence-electron chi connectivity index (χ4n) is 3.63. The van der Waals surface area contributed by atoms with Gasteiger partial charge in [0.05, 0.1) is 18.7 Å². The first kappa shape index (κ1) is 21.0. The summed E-state index contributed by atoms with van der Waals surface area (Å²) in [5.74, 6) is -5.32. The minimum absolute atomic E-state index is 0.0935. The molecule has 0 spiro atoms. The number of carbonyl (C=O) groups is 2. The van der Waals surface area contributed by atoms with Crippen LogP contribution in [0.2, 0.25) is 5.02 Å². The molecule has 9 heteroatoms. The van der Waals surface area contributed by atoms with E-state index in [2.05, 4.69) is 15.5 Å². The van der Waals surface area contributed by atoms with E-state index in [1.54, 1.807) is 60.9 Å². The number of likely N-dealkylation sites (tertiary alicyclic amines) is 1. The number of nitrogens with one attached hydrogen (secondary N) is 2. The Bertz CT molecular complexity index is 1090. The summed E-state index contributed by atoms with van der Waals surface area (Å²) in [5, 5.41) is 9.70. The molecule has 0 radical (unpaired) electrons. The molecular formula is C22H19ClF2N4O2. The molecular weight excluding hydrogens is 426 g/mol. The number of hydrogen-bond donors (Lipinski definition) is 2. The van der Waals surface area contributed by atoms with Crippen LogP contribution in [0.15, 0.2) is 60.9 Å². The van der Waals surface area contributed by atoms with Gasteiger partial charge in [-0.1, -0.05) is 23.7 Å². The predicted octanol–water partition coefficient (Wildman–Crippen LogP) is 4.47. The number of benzene rings is 2. The van der Waals surface area contributed by atoms with Crippen molar-refractivity contribution in [2.45, 2.75) is 12.3 Å². The van der Waals surface area contributed by atoms with Crippen molar-refractivity contribution in [1.82, 2.24) is 15.1 Å². The van der Waals surface area contributed by atoms with Gasteiger partial charge in [0.1, 0.15) is 0 Å². The Morgan fingerprint density at radius 2 is 1.94 bits per heavy atom. The second kappa shape index (κ2) is 8.47. The van der Waals surface area contributed by atoms with E-state index in [0.29, 0.717) is 10.7 Å². The van der Waals surface area contributed by atoms with Crippen LogP contribution in [-0.4, -0.2) is 45.9 Å². The molecule has 2 aromatic carbocycles. The summed E-state index contributed by atoms with van der Waals surface area (Å²) >= 11 is 5.83. The average molecular weight is 445 g/mol. The lowest BCUT2D eigenvalue weighted by molar-refractivity contribution is -0.130. The molecule has 2 N–H and O–H groups in total. The highest BCUT2D eigenvalue weighted by Crippen LogP contribution is 2.32. The van der Waals surface area contributed by atoms with Gasteiger partial charge in [0.15, 0.2) is 0 Å². The molecule has 0 bridgehead atoms. The van der Waals surface area contributed by atoms with Crippen LogP contribution < -0.4 is 5.32 Å². The summed E-state index contributed by atoms with van der Waals surface area (Å²) in [6.07, 6.45) is 2.66. The van der Waals surface area contributed by atoms with Crippen molar-refractivity contribution < 1.29 is 18.4 Å². The van der Waals surface area contributed by atoms with Crippen molar-refractivity contribution in [3.63, 3.8) is 0 Å². The van der Waals surface area contributed by atoms with Crippen molar-refractivity contribution in [2.24, 2.45) is 5.92 Å². The molecule has 1 saturated heterocycles. The zero-order valence-electron chi connectivity index (χ0n) is 16.3. The normalized spacial score (nSPS) is 17.9. The van der Waals surface area contributed by atoms with Crippen LogP contribution in [-0.2, 0) is 4.79 Å². The SMILES string of the molecule is O=C(Nc1ccc(Cl)cc1)C1CN(C(=O)c2cccc(-c3cn[nH]c3)c2)CC(F)(F)C1. The van der Waals surface area contributed by atoms with Gasteiger partial charge in [-0.2, -0.15) is 5.10 Å². The van der Waals surface area contributed by atoms with Crippen LogP contribution in [0.25, 0.3) is 11.1 Å². The first-order valence-corrected chi connectivity index (χ1v) is 10.0. The number of rotatable bonds is 4. The van der Waals surface area contributed by atoms with Crippen LogP contribution in [0.4, 0.5) is 14.5 Å².